The lowest BCUT2D eigenvalue weighted by Crippen LogP contribution is -2.30. The molecule has 0 amide bonds. The van der Waals surface area contributed by atoms with Gasteiger partial charge in [-0.3, -0.25) is 19.2 Å². The van der Waals surface area contributed by atoms with Gasteiger partial charge in [0.2, 0.25) is 0 Å². The van der Waals surface area contributed by atoms with E-state index in [-0.39, 0.29) is 0 Å². The Hall–Kier alpha value is -1.93. The first kappa shape index (κ1) is 33.6. The number of nitrogens with two attached hydrogens (primary N) is 4. The van der Waals surface area contributed by atoms with Gasteiger partial charge in [-0.05, 0) is 44.7 Å². The van der Waals surface area contributed by atoms with E-state index in [1.165, 1.54) is 6.92 Å². The molecule has 0 spiro atoms. The molecule has 0 bridgehead atoms. The van der Waals surface area contributed by atoms with E-state index in [2.05, 4.69) is 0 Å². The number of thioether (sulfide) groups is 1. The van der Waals surface area contributed by atoms with Gasteiger partial charge in [0.25, 0.3) is 5.97 Å². The predicted molar refractivity (Wildman–Crippen MR) is 107 cm³/mol. The van der Waals surface area contributed by atoms with Crippen molar-refractivity contribution in [2.45, 2.75) is 51.2 Å². The molecular weight excluding hydrogens is 396 g/mol. The van der Waals surface area contributed by atoms with Gasteiger partial charge in [-0.1, -0.05) is 0 Å². The third-order valence-corrected chi connectivity index (χ3v) is 3.02. The molecule has 12 N–H and O–H groups in total. The first-order chi connectivity index (χ1) is 12.7. The lowest BCUT2D eigenvalue weighted by atomic mass is 10.2. The summed E-state index contributed by atoms with van der Waals surface area (Å²) in [5.74, 6) is -2.85. The molecule has 13 heteroatoms. The number of carboxylic acid groups (broad SMARTS) is 4. The minimum absolute atomic E-state index is 0.464. The average molecular weight is 431 g/mol. The fraction of sp³-hybridized carbons (Fsp3) is 0.733. The number of carboxylic acids is 4. The average Bonchev–Trinajstić information content (AvgIpc) is 2.57. The molecule has 0 aliphatic carbocycles. The van der Waals surface area contributed by atoms with Crippen LogP contribution in [0.15, 0.2) is 0 Å². The summed E-state index contributed by atoms with van der Waals surface area (Å²) in [5.41, 5.74) is 20.3. The third-order valence-electron chi connectivity index (χ3n) is 2.38. The Morgan fingerprint density at radius 1 is 0.857 bits per heavy atom. The van der Waals surface area contributed by atoms with Crippen molar-refractivity contribution in [3.63, 3.8) is 0 Å². The van der Waals surface area contributed by atoms with Gasteiger partial charge in [-0.2, -0.15) is 11.8 Å². The molecule has 0 aliphatic heterocycles. The summed E-state index contributed by atoms with van der Waals surface area (Å²) in [5, 5.41) is 31.8. The highest BCUT2D eigenvalue weighted by atomic mass is 32.2. The topological polar surface area (TPSA) is 253 Å². The van der Waals surface area contributed by atoms with Crippen LogP contribution in [0.3, 0.4) is 0 Å². The Balaban J connectivity index is -0.000000143. The highest BCUT2D eigenvalue weighted by molar-refractivity contribution is 7.98. The summed E-state index contributed by atoms with van der Waals surface area (Å²) in [7, 11) is 0. The summed E-state index contributed by atoms with van der Waals surface area (Å²) in [4.78, 5) is 38.7. The van der Waals surface area contributed by atoms with Crippen LogP contribution in [0.4, 0.5) is 0 Å². The number of carbonyl (C=O) groups is 4. The highest BCUT2D eigenvalue weighted by Gasteiger charge is 2.09. The van der Waals surface area contributed by atoms with Crippen LogP contribution in [0.25, 0.3) is 0 Å². The maximum absolute atomic E-state index is 10.1. The van der Waals surface area contributed by atoms with E-state index in [9.17, 15) is 14.4 Å². The first-order valence-corrected chi connectivity index (χ1v) is 9.47. The molecular formula is C15H34N4O8S. The Labute approximate surface area is 168 Å². The van der Waals surface area contributed by atoms with Crippen molar-refractivity contribution in [1.82, 2.24) is 0 Å². The van der Waals surface area contributed by atoms with Gasteiger partial charge in [0.05, 0.1) is 0 Å². The van der Waals surface area contributed by atoms with E-state index in [4.69, 9.17) is 48.2 Å². The normalized spacial score (nSPS) is 12.2. The van der Waals surface area contributed by atoms with Crippen LogP contribution in [-0.2, 0) is 19.2 Å². The molecule has 3 atom stereocenters. The van der Waals surface area contributed by atoms with Crippen LogP contribution in [-0.4, -0.2) is 81.0 Å². The maximum atomic E-state index is 10.1. The fourth-order valence-electron chi connectivity index (χ4n) is 0.830. The summed E-state index contributed by atoms with van der Waals surface area (Å²) in [6, 6.07) is -2.16. The van der Waals surface area contributed by atoms with Crippen LogP contribution >= 0.6 is 11.8 Å². The molecule has 28 heavy (non-hydrogen) atoms. The molecule has 0 saturated carbocycles. The molecule has 0 aromatic rings. The van der Waals surface area contributed by atoms with Crippen LogP contribution in [0.5, 0.6) is 0 Å². The summed E-state index contributed by atoms with van der Waals surface area (Å²) in [6.07, 6.45) is 3.62. The van der Waals surface area contributed by atoms with Crippen molar-refractivity contribution in [3.8, 4) is 0 Å². The number of aliphatic carboxylic acids is 4. The molecule has 0 aromatic heterocycles. The zero-order valence-electron chi connectivity index (χ0n) is 16.4. The van der Waals surface area contributed by atoms with Crippen molar-refractivity contribution in [3.05, 3.63) is 0 Å². The van der Waals surface area contributed by atoms with Gasteiger partial charge in [-0.25, -0.2) is 0 Å². The third kappa shape index (κ3) is 39.2. The summed E-state index contributed by atoms with van der Waals surface area (Å²) in [6.45, 7) is 3.00. The van der Waals surface area contributed by atoms with Gasteiger partial charge in [0.15, 0.2) is 0 Å². The molecule has 0 fully saturated rings. The Morgan fingerprint density at radius 3 is 1.39 bits per heavy atom. The summed E-state index contributed by atoms with van der Waals surface area (Å²) >= 11 is 1.60. The predicted octanol–water partition coefficient (Wildman–Crippen LogP) is -1.20. The number of hydrogen-bond donors (Lipinski definition) is 8. The van der Waals surface area contributed by atoms with E-state index >= 15 is 0 Å². The zero-order valence-corrected chi connectivity index (χ0v) is 17.2. The standard InChI is InChI=1S/C5H12N2O2.C5H11NO2S.C3H7NO2.C2H4O2/c6-3-1-2-4(7)5(8)9;1-9-3-2-4(6)5(7)8;1-2(4)3(5)6;1-2(3)4/h4H,1-3,6-7H2,(H,8,9);4H,2-3,6H2,1H3,(H,7,8);2H,4H2,1H3,(H,5,6);1H3,(H,3,4)/t2*4-;2-;/m000./s1. The lowest BCUT2D eigenvalue weighted by Gasteiger charge is -2.02. The quantitative estimate of drug-likeness (QED) is 0.214. The monoisotopic (exact) mass is 430 g/mol. The van der Waals surface area contributed by atoms with E-state index in [1.807, 2.05) is 6.26 Å². The number of hydrogen-bond acceptors (Lipinski definition) is 9. The lowest BCUT2D eigenvalue weighted by molar-refractivity contribution is -0.139. The molecule has 0 radical (unpaired) electrons. The van der Waals surface area contributed by atoms with E-state index < -0.39 is 42.0 Å². The SMILES string of the molecule is CC(=O)O.CSCC[C@H](N)C(=O)O.C[C@H](N)C(=O)O.NCCC[C@H](N)C(=O)O. The van der Waals surface area contributed by atoms with E-state index in [0.717, 1.165) is 12.7 Å². The minimum Gasteiger partial charge on any atom is -0.481 e. The molecule has 0 aliphatic rings. The largest absolute Gasteiger partial charge is 0.481 e. The van der Waals surface area contributed by atoms with E-state index in [1.54, 1.807) is 11.8 Å². The van der Waals surface area contributed by atoms with Gasteiger partial charge in [0, 0.05) is 6.92 Å². The zero-order chi connectivity index (χ0) is 23.3. The molecule has 12 nitrogen and oxygen atoms in total. The van der Waals surface area contributed by atoms with Crippen molar-refractivity contribution < 1.29 is 39.6 Å². The van der Waals surface area contributed by atoms with Gasteiger partial charge in [-0.15, -0.1) is 0 Å². The van der Waals surface area contributed by atoms with Crippen LogP contribution in [0, 0.1) is 0 Å². The molecule has 0 saturated heterocycles. The van der Waals surface area contributed by atoms with Gasteiger partial charge < -0.3 is 43.4 Å². The number of rotatable bonds is 9. The minimum atomic E-state index is -0.963. The maximum Gasteiger partial charge on any atom is 0.320 e. The Bertz CT molecular complexity index is 410. The molecule has 0 heterocycles. The molecule has 0 unspecified atom stereocenters. The highest BCUT2D eigenvalue weighted by Crippen LogP contribution is 1.97. The van der Waals surface area contributed by atoms with Crippen LogP contribution in [0.2, 0.25) is 0 Å². The molecule has 0 rings (SSSR count). The first-order valence-electron chi connectivity index (χ1n) is 8.08. The second-order valence-electron chi connectivity index (χ2n) is 5.25. The van der Waals surface area contributed by atoms with Crippen molar-refractivity contribution in [2.75, 3.05) is 18.6 Å². The second-order valence-corrected chi connectivity index (χ2v) is 6.23. The summed E-state index contributed by atoms with van der Waals surface area (Å²) < 4.78 is 0. The molecule has 0 aromatic carbocycles. The fourth-order valence-corrected chi connectivity index (χ4v) is 1.32. The Kier molecular flexibility index (Phi) is 27.8. The smallest absolute Gasteiger partial charge is 0.320 e. The van der Waals surface area contributed by atoms with Gasteiger partial charge >= 0.3 is 17.9 Å². The Morgan fingerprint density at radius 2 is 1.18 bits per heavy atom. The molecule has 168 valence electrons. The van der Waals surface area contributed by atoms with Crippen molar-refractivity contribution in [2.24, 2.45) is 22.9 Å². The van der Waals surface area contributed by atoms with Crippen LogP contribution < -0.4 is 22.9 Å². The van der Waals surface area contributed by atoms with Gasteiger partial charge in [0.1, 0.15) is 18.1 Å². The van der Waals surface area contributed by atoms with Crippen molar-refractivity contribution >= 4 is 35.6 Å². The second kappa shape index (κ2) is 23.1. The van der Waals surface area contributed by atoms with E-state index in [0.29, 0.717) is 25.8 Å². The van der Waals surface area contributed by atoms with Crippen LogP contribution in [0.1, 0.15) is 33.1 Å². The van der Waals surface area contributed by atoms with Crippen molar-refractivity contribution in [1.29, 1.82) is 0 Å².